The molecule has 114 valence electrons. The summed E-state index contributed by atoms with van der Waals surface area (Å²) in [4.78, 5) is 23.2. The van der Waals surface area contributed by atoms with Gasteiger partial charge >= 0.3 is 12.0 Å². The predicted molar refractivity (Wildman–Crippen MR) is 80.2 cm³/mol. The van der Waals surface area contributed by atoms with E-state index in [1.54, 1.807) is 13.0 Å². The zero-order chi connectivity index (χ0) is 15.5. The Labute approximate surface area is 124 Å². The SMILES string of the molecule is C=CCN(CC(=O)OCC)NC(=O)NCc1ccccc1. The van der Waals surface area contributed by atoms with Crippen molar-refractivity contribution in [2.24, 2.45) is 0 Å². The highest BCUT2D eigenvalue weighted by atomic mass is 16.5. The Bertz CT molecular complexity index is 462. The van der Waals surface area contributed by atoms with E-state index in [4.69, 9.17) is 4.74 Å². The van der Waals surface area contributed by atoms with Crippen LogP contribution in [0.1, 0.15) is 12.5 Å². The molecule has 0 aliphatic rings. The summed E-state index contributed by atoms with van der Waals surface area (Å²) in [5, 5.41) is 4.15. The third-order valence-electron chi connectivity index (χ3n) is 2.53. The molecule has 21 heavy (non-hydrogen) atoms. The van der Waals surface area contributed by atoms with Gasteiger partial charge in [0.1, 0.15) is 6.54 Å². The van der Waals surface area contributed by atoms with Crippen LogP contribution in [0.25, 0.3) is 0 Å². The maximum absolute atomic E-state index is 11.8. The van der Waals surface area contributed by atoms with Crippen molar-refractivity contribution < 1.29 is 14.3 Å². The second-order valence-electron chi connectivity index (χ2n) is 4.25. The van der Waals surface area contributed by atoms with E-state index in [1.807, 2.05) is 30.3 Å². The van der Waals surface area contributed by atoms with Crippen molar-refractivity contribution in [1.82, 2.24) is 15.8 Å². The van der Waals surface area contributed by atoms with E-state index >= 15 is 0 Å². The van der Waals surface area contributed by atoms with Gasteiger partial charge in [0, 0.05) is 13.1 Å². The zero-order valence-electron chi connectivity index (χ0n) is 12.2. The Morgan fingerprint density at radius 2 is 2.05 bits per heavy atom. The van der Waals surface area contributed by atoms with Gasteiger partial charge in [-0.2, -0.15) is 0 Å². The Morgan fingerprint density at radius 1 is 1.33 bits per heavy atom. The van der Waals surface area contributed by atoms with E-state index in [0.717, 1.165) is 5.56 Å². The van der Waals surface area contributed by atoms with Crippen molar-refractivity contribution >= 4 is 12.0 Å². The molecular weight excluding hydrogens is 270 g/mol. The van der Waals surface area contributed by atoms with Crippen LogP contribution in [0.2, 0.25) is 0 Å². The number of hydrogen-bond donors (Lipinski definition) is 2. The summed E-state index contributed by atoms with van der Waals surface area (Å²) in [6.45, 7) is 6.35. The zero-order valence-corrected chi connectivity index (χ0v) is 12.2. The van der Waals surface area contributed by atoms with Crippen LogP contribution in [0.5, 0.6) is 0 Å². The molecule has 0 aliphatic carbocycles. The maximum atomic E-state index is 11.8. The van der Waals surface area contributed by atoms with Crippen molar-refractivity contribution in [2.75, 3.05) is 19.7 Å². The van der Waals surface area contributed by atoms with Crippen molar-refractivity contribution in [3.05, 3.63) is 48.6 Å². The van der Waals surface area contributed by atoms with Crippen molar-refractivity contribution in [3.63, 3.8) is 0 Å². The number of nitrogens with zero attached hydrogens (tertiary/aromatic N) is 1. The Balaban J connectivity index is 2.41. The van der Waals surface area contributed by atoms with Gasteiger partial charge in [-0.3, -0.25) is 10.2 Å². The molecule has 0 aliphatic heterocycles. The molecule has 0 heterocycles. The van der Waals surface area contributed by atoms with E-state index in [9.17, 15) is 9.59 Å². The minimum absolute atomic E-state index is 0.0291. The number of carbonyl (C=O) groups excluding carboxylic acids is 2. The summed E-state index contributed by atoms with van der Waals surface area (Å²) < 4.78 is 4.84. The molecule has 0 radical (unpaired) electrons. The Morgan fingerprint density at radius 3 is 2.67 bits per heavy atom. The number of hydrazine groups is 1. The molecular formula is C15H21N3O3. The number of benzene rings is 1. The summed E-state index contributed by atoms with van der Waals surface area (Å²) in [5.41, 5.74) is 3.58. The van der Waals surface area contributed by atoms with Crippen LogP contribution in [-0.4, -0.2) is 36.7 Å². The molecule has 0 fully saturated rings. The highest BCUT2D eigenvalue weighted by molar-refractivity contribution is 5.75. The van der Waals surface area contributed by atoms with Crippen molar-refractivity contribution in [2.45, 2.75) is 13.5 Å². The quantitative estimate of drug-likeness (QED) is 0.432. The average Bonchev–Trinajstić information content (AvgIpc) is 2.46. The fraction of sp³-hybridized carbons (Fsp3) is 0.333. The van der Waals surface area contributed by atoms with Crippen LogP contribution in [0, 0.1) is 0 Å². The summed E-state index contributed by atoms with van der Waals surface area (Å²) in [6.07, 6.45) is 1.59. The smallest absolute Gasteiger partial charge is 0.329 e. The van der Waals surface area contributed by atoms with Gasteiger partial charge in [0.25, 0.3) is 0 Å². The minimum atomic E-state index is -0.400. The molecule has 0 bridgehead atoms. The molecule has 0 unspecified atom stereocenters. The van der Waals surface area contributed by atoms with E-state index in [0.29, 0.717) is 19.7 Å². The monoisotopic (exact) mass is 291 g/mol. The Kier molecular flexibility index (Phi) is 7.60. The first kappa shape index (κ1) is 16.7. The molecule has 0 aromatic heterocycles. The molecule has 0 saturated heterocycles. The van der Waals surface area contributed by atoms with Gasteiger partial charge in [0.05, 0.1) is 6.61 Å². The maximum Gasteiger partial charge on any atom is 0.329 e. The van der Waals surface area contributed by atoms with Gasteiger partial charge in [-0.25, -0.2) is 9.80 Å². The van der Waals surface area contributed by atoms with Crippen LogP contribution in [0.4, 0.5) is 4.79 Å². The number of rotatable bonds is 8. The van der Waals surface area contributed by atoms with Gasteiger partial charge < -0.3 is 10.1 Å². The van der Waals surface area contributed by atoms with E-state index in [2.05, 4.69) is 17.3 Å². The highest BCUT2D eigenvalue weighted by Gasteiger charge is 2.12. The topological polar surface area (TPSA) is 70.7 Å². The lowest BCUT2D eigenvalue weighted by Crippen LogP contribution is -2.49. The van der Waals surface area contributed by atoms with Gasteiger partial charge in [-0.15, -0.1) is 6.58 Å². The van der Waals surface area contributed by atoms with Crippen LogP contribution < -0.4 is 10.7 Å². The molecule has 1 aromatic rings. The first-order valence-corrected chi connectivity index (χ1v) is 6.75. The van der Waals surface area contributed by atoms with Gasteiger partial charge in [-0.1, -0.05) is 36.4 Å². The van der Waals surface area contributed by atoms with E-state index in [1.165, 1.54) is 5.01 Å². The third-order valence-corrected chi connectivity index (χ3v) is 2.53. The summed E-state index contributed by atoms with van der Waals surface area (Å²) in [5.74, 6) is -0.400. The number of carbonyl (C=O) groups is 2. The largest absolute Gasteiger partial charge is 0.465 e. The lowest BCUT2D eigenvalue weighted by atomic mass is 10.2. The van der Waals surface area contributed by atoms with Gasteiger partial charge in [-0.05, 0) is 12.5 Å². The van der Waals surface area contributed by atoms with Crippen molar-refractivity contribution in [3.8, 4) is 0 Å². The van der Waals surface area contributed by atoms with Gasteiger partial charge in [0.2, 0.25) is 0 Å². The first-order valence-electron chi connectivity index (χ1n) is 6.75. The molecule has 1 aromatic carbocycles. The normalized spacial score (nSPS) is 10.0. The fourth-order valence-electron chi connectivity index (χ4n) is 1.63. The van der Waals surface area contributed by atoms with Crippen LogP contribution >= 0.6 is 0 Å². The minimum Gasteiger partial charge on any atom is -0.465 e. The average molecular weight is 291 g/mol. The number of nitrogens with one attached hydrogen (secondary N) is 2. The molecule has 0 atom stereocenters. The van der Waals surface area contributed by atoms with Crippen LogP contribution in [0.15, 0.2) is 43.0 Å². The molecule has 1 rings (SSSR count). The number of amides is 2. The lowest BCUT2D eigenvalue weighted by molar-refractivity contribution is -0.144. The van der Waals surface area contributed by atoms with Gasteiger partial charge in [0.15, 0.2) is 0 Å². The molecule has 2 N–H and O–H groups in total. The second kappa shape index (κ2) is 9.55. The molecule has 2 amide bonds. The van der Waals surface area contributed by atoms with Crippen LogP contribution in [0.3, 0.4) is 0 Å². The lowest BCUT2D eigenvalue weighted by Gasteiger charge is -2.20. The number of urea groups is 1. The number of ether oxygens (including phenoxy) is 1. The summed E-state index contributed by atoms with van der Waals surface area (Å²) in [6, 6.07) is 9.17. The number of esters is 1. The fourth-order valence-corrected chi connectivity index (χ4v) is 1.63. The molecule has 0 saturated carbocycles. The summed E-state index contributed by atoms with van der Waals surface area (Å²) in [7, 11) is 0. The first-order chi connectivity index (χ1) is 10.2. The van der Waals surface area contributed by atoms with Crippen molar-refractivity contribution in [1.29, 1.82) is 0 Å². The molecule has 6 heteroatoms. The van der Waals surface area contributed by atoms with Crippen LogP contribution in [-0.2, 0) is 16.1 Å². The Hall–Kier alpha value is -2.34. The van der Waals surface area contributed by atoms with E-state index in [-0.39, 0.29) is 12.6 Å². The molecule has 6 nitrogen and oxygen atoms in total. The number of hydrogen-bond acceptors (Lipinski definition) is 4. The predicted octanol–water partition coefficient (Wildman–Crippen LogP) is 1.45. The molecule has 0 spiro atoms. The summed E-state index contributed by atoms with van der Waals surface area (Å²) >= 11 is 0. The standard InChI is InChI=1S/C15H21N3O3/c1-3-10-18(12-14(19)21-4-2)17-15(20)16-11-13-8-6-5-7-9-13/h3,5-9H,1,4,10-12H2,2H3,(H2,16,17,20). The van der Waals surface area contributed by atoms with E-state index < -0.39 is 5.97 Å². The second-order valence-corrected chi connectivity index (χ2v) is 4.25. The third kappa shape index (κ3) is 7.12. The highest BCUT2D eigenvalue weighted by Crippen LogP contribution is 1.97.